The normalized spacial score (nSPS) is 13.6. The number of aliphatic hydroxyl groups is 1. The Kier molecular flexibility index (Phi) is 8.40. The predicted molar refractivity (Wildman–Crippen MR) is 54.8 cm³/mol. The first-order valence-electron chi connectivity index (χ1n) is 5.12. The standard InChI is InChI=1S/C10H23NO2/c1-4-11-10(5-6-12)8-13-7-9(2)3/h9-12H,4-8H2,1-3H3. The Morgan fingerprint density at radius 3 is 2.46 bits per heavy atom. The fourth-order valence-corrected chi connectivity index (χ4v) is 1.13. The Balaban J connectivity index is 3.44. The Bertz CT molecular complexity index is 101. The monoisotopic (exact) mass is 189 g/mol. The lowest BCUT2D eigenvalue weighted by atomic mass is 10.2. The van der Waals surface area contributed by atoms with Crippen LogP contribution >= 0.6 is 0 Å². The first kappa shape index (κ1) is 12.9. The van der Waals surface area contributed by atoms with Crippen LogP contribution in [-0.2, 0) is 4.74 Å². The van der Waals surface area contributed by atoms with E-state index in [0.29, 0.717) is 18.6 Å². The molecule has 0 fully saturated rings. The Morgan fingerprint density at radius 2 is 2.00 bits per heavy atom. The van der Waals surface area contributed by atoms with E-state index in [1.807, 2.05) is 0 Å². The van der Waals surface area contributed by atoms with Crippen LogP contribution in [0.25, 0.3) is 0 Å². The molecule has 0 aromatic heterocycles. The highest BCUT2D eigenvalue weighted by Gasteiger charge is 2.06. The van der Waals surface area contributed by atoms with Crippen LogP contribution in [0.4, 0.5) is 0 Å². The smallest absolute Gasteiger partial charge is 0.0620 e. The molecule has 0 saturated heterocycles. The lowest BCUT2D eigenvalue weighted by Crippen LogP contribution is -2.34. The molecular formula is C10H23NO2. The molecule has 0 radical (unpaired) electrons. The highest BCUT2D eigenvalue weighted by molar-refractivity contribution is 4.64. The summed E-state index contributed by atoms with van der Waals surface area (Å²) in [5.41, 5.74) is 0. The second-order valence-electron chi connectivity index (χ2n) is 3.70. The molecule has 0 spiro atoms. The van der Waals surface area contributed by atoms with Gasteiger partial charge in [0.1, 0.15) is 0 Å². The molecule has 3 heteroatoms. The molecule has 13 heavy (non-hydrogen) atoms. The van der Waals surface area contributed by atoms with Gasteiger partial charge in [0, 0.05) is 19.3 Å². The van der Waals surface area contributed by atoms with Crippen LogP contribution in [0.5, 0.6) is 0 Å². The maximum Gasteiger partial charge on any atom is 0.0620 e. The summed E-state index contributed by atoms with van der Waals surface area (Å²) in [6, 6.07) is 0.300. The minimum atomic E-state index is 0.225. The van der Waals surface area contributed by atoms with Gasteiger partial charge < -0.3 is 15.2 Å². The lowest BCUT2D eigenvalue weighted by Gasteiger charge is -2.17. The van der Waals surface area contributed by atoms with E-state index in [1.54, 1.807) is 0 Å². The molecule has 0 aliphatic heterocycles. The SMILES string of the molecule is CCNC(CCO)COCC(C)C. The highest BCUT2D eigenvalue weighted by atomic mass is 16.5. The lowest BCUT2D eigenvalue weighted by molar-refractivity contribution is 0.0833. The van der Waals surface area contributed by atoms with E-state index in [9.17, 15) is 0 Å². The van der Waals surface area contributed by atoms with Gasteiger partial charge in [0.05, 0.1) is 6.61 Å². The van der Waals surface area contributed by atoms with Gasteiger partial charge in [-0.15, -0.1) is 0 Å². The molecule has 0 aliphatic rings. The molecular weight excluding hydrogens is 166 g/mol. The predicted octanol–water partition coefficient (Wildman–Crippen LogP) is 1.02. The van der Waals surface area contributed by atoms with Crippen LogP contribution in [0.3, 0.4) is 0 Å². The molecule has 0 aliphatic carbocycles. The summed E-state index contributed by atoms with van der Waals surface area (Å²) in [5, 5.41) is 12.0. The number of rotatable bonds is 8. The van der Waals surface area contributed by atoms with Crippen molar-refractivity contribution in [1.29, 1.82) is 0 Å². The maximum atomic E-state index is 8.78. The minimum absolute atomic E-state index is 0.225. The fourth-order valence-electron chi connectivity index (χ4n) is 1.13. The molecule has 0 amide bonds. The maximum absolute atomic E-state index is 8.78. The van der Waals surface area contributed by atoms with E-state index in [1.165, 1.54) is 0 Å². The molecule has 0 saturated carbocycles. The van der Waals surface area contributed by atoms with Crippen LogP contribution in [0.2, 0.25) is 0 Å². The second kappa shape index (κ2) is 8.48. The third-order valence-corrected chi connectivity index (χ3v) is 1.74. The molecule has 3 nitrogen and oxygen atoms in total. The topological polar surface area (TPSA) is 41.5 Å². The van der Waals surface area contributed by atoms with E-state index in [2.05, 4.69) is 26.1 Å². The van der Waals surface area contributed by atoms with Crippen molar-refractivity contribution in [3.63, 3.8) is 0 Å². The Hall–Kier alpha value is -0.120. The van der Waals surface area contributed by atoms with Crippen LogP contribution in [0.15, 0.2) is 0 Å². The summed E-state index contributed by atoms with van der Waals surface area (Å²) in [5.74, 6) is 0.580. The van der Waals surface area contributed by atoms with Crippen LogP contribution in [-0.4, -0.2) is 37.5 Å². The molecule has 0 heterocycles. The number of aliphatic hydroxyl groups excluding tert-OH is 1. The quantitative estimate of drug-likeness (QED) is 0.599. The van der Waals surface area contributed by atoms with E-state index >= 15 is 0 Å². The summed E-state index contributed by atoms with van der Waals surface area (Å²) >= 11 is 0. The first-order chi connectivity index (χ1) is 6.20. The van der Waals surface area contributed by atoms with Gasteiger partial charge in [0.2, 0.25) is 0 Å². The zero-order valence-electron chi connectivity index (χ0n) is 9.05. The summed E-state index contributed by atoms with van der Waals surface area (Å²) in [7, 11) is 0. The van der Waals surface area contributed by atoms with E-state index in [4.69, 9.17) is 9.84 Å². The van der Waals surface area contributed by atoms with Crippen LogP contribution in [0, 0.1) is 5.92 Å². The van der Waals surface area contributed by atoms with Crippen molar-refractivity contribution in [2.75, 3.05) is 26.4 Å². The van der Waals surface area contributed by atoms with Crippen LogP contribution < -0.4 is 5.32 Å². The zero-order valence-corrected chi connectivity index (χ0v) is 9.05. The molecule has 0 aromatic carbocycles. The number of hydrogen-bond donors (Lipinski definition) is 2. The first-order valence-corrected chi connectivity index (χ1v) is 5.12. The molecule has 1 atom stereocenters. The van der Waals surface area contributed by atoms with Crippen molar-refractivity contribution in [2.45, 2.75) is 33.2 Å². The molecule has 1 unspecified atom stereocenters. The van der Waals surface area contributed by atoms with Crippen molar-refractivity contribution >= 4 is 0 Å². The zero-order chi connectivity index (χ0) is 10.1. The largest absolute Gasteiger partial charge is 0.396 e. The average Bonchev–Trinajstić information content (AvgIpc) is 2.04. The van der Waals surface area contributed by atoms with Crippen molar-refractivity contribution in [3.8, 4) is 0 Å². The van der Waals surface area contributed by atoms with E-state index in [-0.39, 0.29) is 6.61 Å². The van der Waals surface area contributed by atoms with Gasteiger partial charge in [0.15, 0.2) is 0 Å². The highest BCUT2D eigenvalue weighted by Crippen LogP contribution is 1.96. The summed E-state index contributed by atoms with van der Waals surface area (Å²) in [4.78, 5) is 0. The van der Waals surface area contributed by atoms with Gasteiger partial charge >= 0.3 is 0 Å². The van der Waals surface area contributed by atoms with Gasteiger partial charge in [-0.1, -0.05) is 20.8 Å². The van der Waals surface area contributed by atoms with Crippen molar-refractivity contribution in [1.82, 2.24) is 5.32 Å². The second-order valence-corrected chi connectivity index (χ2v) is 3.70. The number of likely N-dealkylation sites (N-methyl/N-ethyl adjacent to an activating group) is 1. The van der Waals surface area contributed by atoms with Crippen LogP contribution in [0.1, 0.15) is 27.2 Å². The summed E-state index contributed by atoms with van der Waals surface area (Å²) < 4.78 is 5.49. The summed E-state index contributed by atoms with van der Waals surface area (Å²) in [6.07, 6.45) is 0.770. The molecule has 0 bridgehead atoms. The third kappa shape index (κ3) is 8.22. The Labute approximate surface area is 81.5 Å². The molecule has 2 N–H and O–H groups in total. The molecule has 0 rings (SSSR count). The number of hydrogen-bond acceptors (Lipinski definition) is 3. The van der Waals surface area contributed by atoms with E-state index < -0.39 is 0 Å². The molecule has 80 valence electrons. The third-order valence-electron chi connectivity index (χ3n) is 1.74. The fraction of sp³-hybridized carbons (Fsp3) is 1.00. The van der Waals surface area contributed by atoms with Crippen molar-refractivity contribution in [3.05, 3.63) is 0 Å². The van der Waals surface area contributed by atoms with Gasteiger partial charge in [-0.05, 0) is 18.9 Å². The average molecular weight is 189 g/mol. The van der Waals surface area contributed by atoms with Gasteiger partial charge in [0.25, 0.3) is 0 Å². The number of nitrogens with one attached hydrogen (secondary N) is 1. The van der Waals surface area contributed by atoms with Gasteiger partial charge in [-0.25, -0.2) is 0 Å². The van der Waals surface area contributed by atoms with Crippen molar-refractivity contribution in [2.24, 2.45) is 5.92 Å². The minimum Gasteiger partial charge on any atom is -0.396 e. The Morgan fingerprint density at radius 1 is 1.31 bits per heavy atom. The van der Waals surface area contributed by atoms with E-state index in [0.717, 1.165) is 19.6 Å². The van der Waals surface area contributed by atoms with Crippen molar-refractivity contribution < 1.29 is 9.84 Å². The van der Waals surface area contributed by atoms with Gasteiger partial charge in [-0.3, -0.25) is 0 Å². The van der Waals surface area contributed by atoms with Gasteiger partial charge in [-0.2, -0.15) is 0 Å². The summed E-state index contributed by atoms with van der Waals surface area (Å²) in [6.45, 7) is 8.98. The molecule has 0 aromatic rings. The number of ether oxygens (including phenoxy) is 1.